The Labute approximate surface area is 120 Å². The molecule has 0 saturated carbocycles. The lowest BCUT2D eigenvalue weighted by Gasteiger charge is -2.27. The summed E-state index contributed by atoms with van der Waals surface area (Å²) in [5.74, 6) is 0.117. The topological polar surface area (TPSA) is 29.3 Å². The molecular formula is C15H24ClFN2. The van der Waals surface area contributed by atoms with Crippen LogP contribution in [0, 0.1) is 11.7 Å². The number of halogens is 2. The smallest absolute Gasteiger partial charge is 0.141 e. The zero-order valence-corrected chi connectivity index (χ0v) is 12.9. The van der Waals surface area contributed by atoms with Gasteiger partial charge in [0.1, 0.15) is 5.82 Å². The maximum atomic E-state index is 13.1. The Hall–Kier alpha value is -0.640. The van der Waals surface area contributed by atoms with Gasteiger partial charge in [0.15, 0.2) is 0 Å². The van der Waals surface area contributed by atoms with Gasteiger partial charge in [-0.3, -0.25) is 4.90 Å². The van der Waals surface area contributed by atoms with Crippen LogP contribution in [-0.4, -0.2) is 24.5 Å². The summed E-state index contributed by atoms with van der Waals surface area (Å²) in [5, 5.41) is 0.177. The van der Waals surface area contributed by atoms with Gasteiger partial charge < -0.3 is 5.73 Å². The maximum Gasteiger partial charge on any atom is 0.141 e. The fraction of sp³-hybridized carbons (Fsp3) is 0.600. The van der Waals surface area contributed by atoms with Crippen molar-refractivity contribution >= 4 is 11.6 Å². The first kappa shape index (κ1) is 16.4. The van der Waals surface area contributed by atoms with E-state index in [4.69, 9.17) is 17.3 Å². The van der Waals surface area contributed by atoms with E-state index >= 15 is 0 Å². The molecule has 0 amide bonds. The fourth-order valence-electron chi connectivity index (χ4n) is 1.91. The van der Waals surface area contributed by atoms with Crippen LogP contribution in [0.25, 0.3) is 0 Å². The van der Waals surface area contributed by atoms with Crippen molar-refractivity contribution < 1.29 is 4.39 Å². The van der Waals surface area contributed by atoms with Crippen molar-refractivity contribution in [3.8, 4) is 0 Å². The predicted molar refractivity (Wildman–Crippen MR) is 79.9 cm³/mol. The van der Waals surface area contributed by atoms with E-state index in [1.807, 2.05) is 0 Å². The van der Waals surface area contributed by atoms with Crippen molar-refractivity contribution in [2.24, 2.45) is 11.7 Å². The molecule has 0 spiro atoms. The lowest BCUT2D eigenvalue weighted by molar-refractivity contribution is 0.243. The Morgan fingerprint density at radius 2 is 1.95 bits per heavy atom. The van der Waals surface area contributed by atoms with E-state index in [1.165, 1.54) is 6.07 Å². The van der Waals surface area contributed by atoms with Crippen molar-refractivity contribution in [3.63, 3.8) is 0 Å². The molecule has 0 bridgehead atoms. The molecule has 0 aliphatic carbocycles. The zero-order valence-electron chi connectivity index (χ0n) is 12.2. The molecule has 2 unspecified atom stereocenters. The number of rotatable bonds is 6. The largest absolute Gasteiger partial charge is 0.327 e. The van der Waals surface area contributed by atoms with Gasteiger partial charge in [-0.1, -0.05) is 31.5 Å². The second-order valence-electron chi connectivity index (χ2n) is 5.53. The molecule has 0 aliphatic rings. The molecule has 2 N–H and O–H groups in total. The van der Waals surface area contributed by atoms with Crippen LogP contribution in [0.1, 0.15) is 38.8 Å². The summed E-state index contributed by atoms with van der Waals surface area (Å²) >= 11 is 5.82. The van der Waals surface area contributed by atoms with E-state index in [0.29, 0.717) is 5.92 Å². The van der Waals surface area contributed by atoms with Crippen LogP contribution < -0.4 is 5.73 Å². The Kier molecular flexibility index (Phi) is 6.24. The zero-order chi connectivity index (χ0) is 14.6. The number of hydrogen-bond donors (Lipinski definition) is 1. The molecule has 19 heavy (non-hydrogen) atoms. The summed E-state index contributed by atoms with van der Waals surface area (Å²) in [4.78, 5) is 2.21. The van der Waals surface area contributed by atoms with E-state index < -0.39 is 0 Å². The number of benzene rings is 1. The van der Waals surface area contributed by atoms with E-state index in [2.05, 4.69) is 32.7 Å². The Balaban J connectivity index is 2.61. The number of hydrogen-bond acceptors (Lipinski definition) is 2. The average molecular weight is 287 g/mol. The van der Waals surface area contributed by atoms with E-state index in [0.717, 1.165) is 18.5 Å². The molecule has 1 rings (SSSR count). The summed E-state index contributed by atoms with van der Waals surface area (Å²) < 4.78 is 13.1. The highest BCUT2D eigenvalue weighted by Gasteiger charge is 2.15. The first-order chi connectivity index (χ1) is 8.82. The number of nitrogens with zero attached hydrogens (tertiary/aromatic N) is 1. The van der Waals surface area contributed by atoms with Crippen molar-refractivity contribution in [3.05, 3.63) is 34.6 Å². The average Bonchev–Trinajstić information content (AvgIpc) is 2.37. The van der Waals surface area contributed by atoms with Crippen LogP contribution in [0.15, 0.2) is 18.2 Å². The minimum absolute atomic E-state index is 0.177. The summed E-state index contributed by atoms with van der Waals surface area (Å²) in [6.07, 6.45) is 0.952. The van der Waals surface area contributed by atoms with Crippen LogP contribution in [0.3, 0.4) is 0 Å². The summed E-state index contributed by atoms with van der Waals surface area (Å²) in [6, 6.07) is 5.30. The van der Waals surface area contributed by atoms with Crippen molar-refractivity contribution in [2.45, 2.75) is 39.3 Å². The van der Waals surface area contributed by atoms with E-state index in [-0.39, 0.29) is 22.9 Å². The first-order valence-electron chi connectivity index (χ1n) is 6.73. The third-order valence-electron chi connectivity index (χ3n) is 3.76. The van der Waals surface area contributed by atoms with E-state index in [1.54, 1.807) is 12.1 Å². The summed E-state index contributed by atoms with van der Waals surface area (Å²) in [5.41, 5.74) is 7.07. The molecule has 0 fully saturated rings. The summed E-state index contributed by atoms with van der Waals surface area (Å²) in [6.45, 7) is 7.27. The van der Waals surface area contributed by atoms with Crippen LogP contribution in [0.5, 0.6) is 0 Å². The molecule has 1 aromatic carbocycles. The Morgan fingerprint density at radius 3 is 2.47 bits per heavy atom. The van der Waals surface area contributed by atoms with Gasteiger partial charge in [0.25, 0.3) is 0 Å². The minimum Gasteiger partial charge on any atom is -0.327 e. The monoisotopic (exact) mass is 286 g/mol. The first-order valence-corrected chi connectivity index (χ1v) is 7.11. The molecule has 0 aromatic heterocycles. The molecule has 4 heteroatoms. The maximum absolute atomic E-state index is 13.1. The quantitative estimate of drug-likeness (QED) is 0.861. The van der Waals surface area contributed by atoms with Gasteiger partial charge in [0.05, 0.1) is 5.02 Å². The van der Waals surface area contributed by atoms with Gasteiger partial charge in [-0.2, -0.15) is 0 Å². The molecule has 0 aliphatic heterocycles. The highest BCUT2D eigenvalue weighted by atomic mass is 35.5. The molecule has 0 heterocycles. The highest BCUT2D eigenvalue weighted by molar-refractivity contribution is 6.30. The van der Waals surface area contributed by atoms with Gasteiger partial charge in [0, 0.05) is 12.1 Å². The third-order valence-corrected chi connectivity index (χ3v) is 4.05. The number of nitrogens with two attached hydrogens (primary N) is 1. The van der Waals surface area contributed by atoms with Crippen LogP contribution in [0.4, 0.5) is 4.39 Å². The van der Waals surface area contributed by atoms with Gasteiger partial charge in [-0.25, -0.2) is 4.39 Å². The van der Waals surface area contributed by atoms with Gasteiger partial charge >= 0.3 is 0 Å². The van der Waals surface area contributed by atoms with E-state index in [9.17, 15) is 4.39 Å². The standard InChI is InChI=1S/C15H24ClFN2/c1-10(2)15(18)7-8-19(4)11(3)12-5-6-14(17)13(16)9-12/h5-6,9-11,15H,7-8,18H2,1-4H3. The summed E-state index contributed by atoms with van der Waals surface area (Å²) in [7, 11) is 2.05. The third kappa shape index (κ3) is 4.75. The Bertz CT molecular complexity index is 409. The van der Waals surface area contributed by atoms with Crippen LogP contribution in [-0.2, 0) is 0 Å². The van der Waals surface area contributed by atoms with Gasteiger partial charge in [-0.05, 0) is 50.6 Å². The predicted octanol–water partition coefficient (Wildman–Crippen LogP) is 3.85. The van der Waals surface area contributed by atoms with Crippen molar-refractivity contribution in [1.82, 2.24) is 4.90 Å². The SMILES string of the molecule is CC(C)C(N)CCN(C)C(C)c1ccc(F)c(Cl)c1. The molecule has 1 aromatic rings. The Morgan fingerprint density at radius 1 is 1.32 bits per heavy atom. The lowest BCUT2D eigenvalue weighted by Crippen LogP contribution is -2.32. The minimum atomic E-state index is -0.373. The molecular weight excluding hydrogens is 263 g/mol. The van der Waals surface area contributed by atoms with Gasteiger partial charge in [0.2, 0.25) is 0 Å². The molecule has 2 atom stereocenters. The van der Waals surface area contributed by atoms with Gasteiger partial charge in [-0.15, -0.1) is 0 Å². The van der Waals surface area contributed by atoms with Crippen molar-refractivity contribution in [1.29, 1.82) is 0 Å². The molecule has 108 valence electrons. The van der Waals surface area contributed by atoms with Crippen LogP contribution in [0.2, 0.25) is 5.02 Å². The molecule has 0 radical (unpaired) electrons. The van der Waals surface area contributed by atoms with Crippen LogP contribution >= 0.6 is 11.6 Å². The second-order valence-corrected chi connectivity index (χ2v) is 5.93. The molecule has 0 saturated heterocycles. The normalized spacial score (nSPS) is 15.0. The highest BCUT2D eigenvalue weighted by Crippen LogP contribution is 2.24. The second kappa shape index (κ2) is 7.22. The van der Waals surface area contributed by atoms with Crippen molar-refractivity contribution in [2.75, 3.05) is 13.6 Å². The lowest BCUT2D eigenvalue weighted by atomic mass is 10.0. The molecule has 2 nitrogen and oxygen atoms in total. The fourth-order valence-corrected chi connectivity index (χ4v) is 2.10.